The third kappa shape index (κ3) is 54.0. The van der Waals surface area contributed by atoms with Gasteiger partial charge < -0.3 is 28.8 Å². The molecule has 0 radical (unpaired) electrons. The Balaban J connectivity index is 4.27. The molecule has 0 bridgehead atoms. The summed E-state index contributed by atoms with van der Waals surface area (Å²) in [5, 5.41) is 13.9. The summed E-state index contributed by atoms with van der Waals surface area (Å²) in [6.45, 7) is 4.63. The van der Waals surface area contributed by atoms with Crippen molar-refractivity contribution in [3.8, 4) is 0 Å². The molecule has 0 heterocycles. The first-order valence-electron chi connectivity index (χ1n) is 29.7. The summed E-state index contributed by atoms with van der Waals surface area (Å²) in [4.78, 5) is 25.5. The number of unbranched alkanes of at least 4 members (excludes halogenated alkanes) is 33. The Morgan fingerprint density at radius 3 is 1.24 bits per heavy atom. The molecule has 9 heteroatoms. The fraction of sp³-hybridized carbons (Fsp3) is 0.820. The molecule has 0 saturated carbocycles. The lowest BCUT2D eigenvalue weighted by molar-refractivity contribution is -0.870. The topological polar surface area (TPSA) is 108 Å². The second-order valence-corrected chi connectivity index (χ2v) is 22.7. The van der Waals surface area contributed by atoms with Gasteiger partial charge in [-0.05, 0) is 77.0 Å². The number of amides is 1. The van der Waals surface area contributed by atoms with Crippen molar-refractivity contribution in [2.75, 3.05) is 40.9 Å². The number of hydrogen-bond donors (Lipinski definition) is 2. The number of rotatable bonds is 54. The number of nitrogens with one attached hydrogen (secondary N) is 1. The van der Waals surface area contributed by atoms with Crippen molar-refractivity contribution >= 4 is 13.7 Å². The van der Waals surface area contributed by atoms with Gasteiger partial charge in [0, 0.05) is 6.42 Å². The van der Waals surface area contributed by atoms with E-state index in [0.717, 1.165) is 51.4 Å². The number of carbonyl (C=O) groups excluding carboxylic acids is 1. The number of likely N-dealkylation sites (N-methyl/N-ethyl adjacent to an activating group) is 1. The molecule has 0 fully saturated rings. The van der Waals surface area contributed by atoms with Crippen LogP contribution in [0.2, 0.25) is 0 Å². The van der Waals surface area contributed by atoms with Gasteiger partial charge in [0.05, 0.1) is 39.9 Å². The Kier molecular flexibility index (Phi) is 50.7. The van der Waals surface area contributed by atoms with Gasteiger partial charge in [0.25, 0.3) is 7.82 Å². The fourth-order valence-corrected chi connectivity index (χ4v) is 9.23. The van der Waals surface area contributed by atoms with E-state index in [9.17, 15) is 19.4 Å². The molecule has 410 valence electrons. The van der Waals surface area contributed by atoms with Gasteiger partial charge >= 0.3 is 0 Å². The molecule has 70 heavy (non-hydrogen) atoms. The van der Waals surface area contributed by atoms with Crippen LogP contribution in [0, 0.1) is 0 Å². The van der Waals surface area contributed by atoms with Crippen LogP contribution in [0.3, 0.4) is 0 Å². The highest BCUT2D eigenvalue weighted by atomic mass is 31.2. The molecule has 0 spiro atoms. The largest absolute Gasteiger partial charge is 0.756 e. The third-order valence-corrected chi connectivity index (χ3v) is 14.1. The first kappa shape index (κ1) is 68.2. The van der Waals surface area contributed by atoms with Crippen molar-refractivity contribution < 1.29 is 32.9 Å². The van der Waals surface area contributed by atoms with E-state index in [1.807, 2.05) is 27.2 Å². The molecular weight excluding hydrogens is 888 g/mol. The second-order valence-electron chi connectivity index (χ2n) is 21.3. The lowest BCUT2D eigenvalue weighted by Gasteiger charge is -2.29. The summed E-state index contributed by atoms with van der Waals surface area (Å²) in [6, 6.07) is -0.913. The highest BCUT2D eigenvalue weighted by Crippen LogP contribution is 2.38. The number of aliphatic hydroxyl groups is 1. The number of nitrogens with zero attached hydrogens (tertiary/aromatic N) is 1. The normalized spacial score (nSPS) is 14.3. The van der Waals surface area contributed by atoms with Crippen LogP contribution < -0.4 is 10.2 Å². The number of phosphoric ester groups is 1. The number of hydrogen-bond acceptors (Lipinski definition) is 6. The van der Waals surface area contributed by atoms with E-state index in [0.29, 0.717) is 17.4 Å². The summed E-state index contributed by atoms with van der Waals surface area (Å²) in [6.07, 6.45) is 70.2. The van der Waals surface area contributed by atoms with Crippen LogP contribution in [0.25, 0.3) is 0 Å². The van der Waals surface area contributed by atoms with Gasteiger partial charge in [0.1, 0.15) is 13.2 Å². The monoisotopic (exact) mass is 1000 g/mol. The molecule has 0 rings (SSSR count). The maximum Gasteiger partial charge on any atom is 0.268 e. The molecule has 0 aromatic heterocycles. The van der Waals surface area contributed by atoms with E-state index in [-0.39, 0.29) is 12.5 Å². The quantitative estimate of drug-likeness (QED) is 0.0272. The number of aliphatic hydroxyl groups excluding tert-OH is 1. The Hall–Kier alpha value is -1.80. The lowest BCUT2D eigenvalue weighted by Crippen LogP contribution is -2.45. The van der Waals surface area contributed by atoms with E-state index in [1.54, 1.807) is 6.08 Å². The minimum Gasteiger partial charge on any atom is -0.756 e. The van der Waals surface area contributed by atoms with Crippen molar-refractivity contribution in [3.63, 3.8) is 0 Å². The second kappa shape index (κ2) is 52.1. The first-order valence-corrected chi connectivity index (χ1v) is 31.1. The predicted molar refractivity (Wildman–Crippen MR) is 302 cm³/mol. The van der Waals surface area contributed by atoms with Crippen molar-refractivity contribution in [2.45, 2.75) is 283 Å². The van der Waals surface area contributed by atoms with Gasteiger partial charge in [-0.3, -0.25) is 9.36 Å². The minimum absolute atomic E-state index is 0.0103. The van der Waals surface area contributed by atoms with Crippen LogP contribution in [0.4, 0.5) is 0 Å². The molecule has 2 N–H and O–H groups in total. The Labute approximate surface area is 434 Å². The molecule has 0 aliphatic heterocycles. The molecule has 3 atom stereocenters. The van der Waals surface area contributed by atoms with Crippen LogP contribution in [-0.4, -0.2) is 68.5 Å². The zero-order chi connectivity index (χ0) is 51.3. The van der Waals surface area contributed by atoms with E-state index in [2.05, 4.69) is 67.8 Å². The Morgan fingerprint density at radius 2 is 0.843 bits per heavy atom. The zero-order valence-corrected chi connectivity index (χ0v) is 47.6. The van der Waals surface area contributed by atoms with Crippen molar-refractivity contribution in [1.29, 1.82) is 0 Å². The molecule has 0 aromatic rings. The van der Waals surface area contributed by atoms with Gasteiger partial charge in [-0.15, -0.1) is 0 Å². The summed E-state index contributed by atoms with van der Waals surface area (Å²) in [5.41, 5.74) is 0. The van der Waals surface area contributed by atoms with Crippen LogP contribution in [0.1, 0.15) is 271 Å². The van der Waals surface area contributed by atoms with E-state index < -0.39 is 26.6 Å². The summed E-state index contributed by atoms with van der Waals surface area (Å²) >= 11 is 0. The van der Waals surface area contributed by atoms with Crippen LogP contribution in [0.5, 0.6) is 0 Å². The third-order valence-electron chi connectivity index (χ3n) is 13.2. The highest BCUT2D eigenvalue weighted by molar-refractivity contribution is 7.45. The Bertz CT molecular complexity index is 1320. The van der Waals surface area contributed by atoms with Crippen LogP contribution >= 0.6 is 7.82 Å². The van der Waals surface area contributed by atoms with E-state index >= 15 is 0 Å². The van der Waals surface area contributed by atoms with Gasteiger partial charge in [-0.1, -0.05) is 248 Å². The first-order chi connectivity index (χ1) is 34.0. The smallest absolute Gasteiger partial charge is 0.268 e. The fourth-order valence-electron chi connectivity index (χ4n) is 8.51. The van der Waals surface area contributed by atoms with Crippen molar-refractivity contribution in [2.24, 2.45) is 0 Å². The molecule has 0 aliphatic rings. The van der Waals surface area contributed by atoms with Gasteiger partial charge in [-0.25, -0.2) is 0 Å². The number of quaternary nitrogens is 1. The van der Waals surface area contributed by atoms with Crippen LogP contribution in [0.15, 0.2) is 60.8 Å². The standard InChI is InChI=1S/C61H115N2O6P/c1-6-8-10-12-14-16-18-20-22-24-26-28-30-31-33-35-37-39-41-43-45-47-49-51-53-55-61(65)62-59(58-69-70(66,67)68-57-56-63(3,4)5)60(64)54-52-50-48-46-44-42-40-38-36-34-32-29-27-25-23-21-19-17-15-13-11-9-7-2/h18,20,24,26,36,38,44,46,52,54,59-60,64H,6-17,19,21-23,25,27-35,37,39-43,45,47-51,53,55-58H2,1-5H3,(H-,62,65,66,67)/b20-18-,26-24-,38-36+,46-44+,54-52+. The van der Waals surface area contributed by atoms with Gasteiger partial charge in [-0.2, -0.15) is 0 Å². The average Bonchev–Trinajstić information content (AvgIpc) is 3.32. The van der Waals surface area contributed by atoms with E-state index in [1.165, 1.54) is 199 Å². The summed E-state index contributed by atoms with van der Waals surface area (Å²) in [7, 11) is 1.24. The molecule has 1 amide bonds. The van der Waals surface area contributed by atoms with Crippen molar-refractivity contribution in [1.82, 2.24) is 5.32 Å². The SMILES string of the molecule is CCCCCCC/C=C\C/C=C\CCCCCCCCCCCCCCCC(=O)NC(COP(=O)([O-])OCC[N+](C)(C)C)C(O)/C=C/CC/C=C/CC/C=C/CCCCCCCCCCCCCCC. The van der Waals surface area contributed by atoms with Crippen molar-refractivity contribution in [3.05, 3.63) is 60.8 Å². The highest BCUT2D eigenvalue weighted by Gasteiger charge is 2.23. The molecule has 0 aromatic carbocycles. The number of phosphoric acid groups is 1. The molecule has 0 saturated heterocycles. The summed E-state index contributed by atoms with van der Waals surface area (Å²) < 4.78 is 23.3. The predicted octanol–water partition coefficient (Wildman–Crippen LogP) is 17.5. The maximum absolute atomic E-state index is 13.0. The van der Waals surface area contributed by atoms with Gasteiger partial charge in [0.2, 0.25) is 5.91 Å². The number of carbonyl (C=O) groups is 1. The molecule has 0 aliphatic carbocycles. The minimum atomic E-state index is -4.61. The molecular formula is C61H115N2O6P. The molecule has 3 unspecified atom stereocenters. The summed E-state index contributed by atoms with van der Waals surface area (Å²) in [5.74, 6) is -0.211. The average molecular weight is 1000 g/mol. The van der Waals surface area contributed by atoms with Gasteiger partial charge in [0.15, 0.2) is 0 Å². The maximum atomic E-state index is 13.0. The number of allylic oxidation sites excluding steroid dienone is 9. The lowest BCUT2D eigenvalue weighted by atomic mass is 10.0. The molecule has 8 nitrogen and oxygen atoms in total. The van der Waals surface area contributed by atoms with Crippen LogP contribution in [-0.2, 0) is 18.4 Å². The van der Waals surface area contributed by atoms with E-state index in [4.69, 9.17) is 9.05 Å². The zero-order valence-electron chi connectivity index (χ0n) is 46.7. The Morgan fingerprint density at radius 1 is 0.500 bits per heavy atom.